The van der Waals surface area contributed by atoms with Crippen LogP contribution in [-0.2, 0) is 20.9 Å². The Labute approximate surface area is 281 Å². The number of aromatic carboxylic acids is 1. The maximum Gasteiger partial charge on any atom is 0.338 e. The van der Waals surface area contributed by atoms with Gasteiger partial charge < -0.3 is 30.0 Å². The summed E-state index contributed by atoms with van der Waals surface area (Å²) in [5, 5.41) is 19.5. The van der Waals surface area contributed by atoms with E-state index in [0.717, 1.165) is 5.56 Å². The second-order valence-electron chi connectivity index (χ2n) is 9.51. The Bertz CT molecular complexity index is 1660. The smallest absolute Gasteiger partial charge is 0.338 e. The summed E-state index contributed by atoms with van der Waals surface area (Å²) in [5.41, 5.74) is 5.64. The molecule has 4 rings (SSSR count). The lowest BCUT2D eigenvalue weighted by atomic mass is 9.95. The second kappa shape index (κ2) is 15.6. The molecular formula is C31H28Br2N4O7S. The number of ether oxygens (including phenoxy) is 3. The zero-order valence-electron chi connectivity index (χ0n) is 24.1. The molecule has 4 N–H and O–H groups in total. The van der Waals surface area contributed by atoms with Crippen molar-refractivity contribution in [2.75, 3.05) is 13.2 Å². The molecular weight excluding hydrogens is 732 g/mol. The number of para-hydroxylation sites is 1. The molecule has 11 nitrogen and oxygen atoms in total. The Balaban J connectivity index is 1.36. The highest BCUT2D eigenvalue weighted by molar-refractivity contribution is 9.11. The Kier molecular flexibility index (Phi) is 11.7. The maximum atomic E-state index is 12.7. The maximum absolute atomic E-state index is 12.7. The van der Waals surface area contributed by atoms with Crippen LogP contribution in [0.4, 0.5) is 0 Å². The first kappa shape index (κ1) is 33.6. The topological polar surface area (TPSA) is 148 Å². The van der Waals surface area contributed by atoms with E-state index in [2.05, 4.69) is 53.0 Å². The summed E-state index contributed by atoms with van der Waals surface area (Å²) in [5.74, 6) is -1.05. The lowest BCUT2D eigenvalue weighted by Gasteiger charge is -2.30. The van der Waals surface area contributed by atoms with Crippen LogP contribution < -0.4 is 25.5 Å². The van der Waals surface area contributed by atoms with Crippen LogP contribution in [0.1, 0.15) is 46.9 Å². The van der Waals surface area contributed by atoms with Gasteiger partial charge in [0, 0.05) is 11.3 Å². The summed E-state index contributed by atoms with van der Waals surface area (Å²) in [6.07, 6.45) is 1.47. The molecule has 0 aliphatic carbocycles. The van der Waals surface area contributed by atoms with Crippen LogP contribution in [0.25, 0.3) is 0 Å². The zero-order chi connectivity index (χ0) is 32.5. The summed E-state index contributed by atoms with van der Waals surface area (Å²) in [6.45, 7) is 3.57. The number of carboxylic acid groups (broad SMARTS) is 1. The number of nitrogens with zero attached hydrogens (tertiary/aromatic N) is 1. The lowest BCUT2D eigenvalue weighted by Crippen LogP contribution is -2.45. The van der Waals surface area contributed by atoms with E-state index < -0.39 is 23.9 Å². The number of carbonyl (C=O) groups is 3. The molecule has 3 aromatic rings. The van der Waals surface area contributed by atoms with Gasteiger partial charge in [0.25, 0.3) is 5.91 Å². The zero-order valence-corrected chi connectivity index (χ0v) is 28.0. The average Bonchev–Trinajstić information content (AvgIpc) is 2.99. The van der Waals surface area contributed by atoms with Gasteiger partial charge in [-0.3, -0.25) is 4.79 Å². The number of hydrogen-bond donors (Lipinski definition) is 4. The molecule has 45 heavy (non-hydrogen) atoms. The molecule has 1 aliphatic rings. The van der Waals surface area contributed by atoms with Gasteiger partial charge in [-0.25, -0.2) is 15.0 Å². The number of carbonyl (C=O) groups excluding carboxylic acids is 2. The van der Waals surface area contributed by atoms with Crippen molar-refractivity contribution < 1.29 is 33.7 Å². The summed E-state index contributed by atoms with van der Waals surface area (Å²) in [7, 11) is 0. The van der Waals surface area contributed by atoms with E-state index in [9.17, 15) is 14.4 Å². The monoisotopic (exact) mass is 758 g/mol. The lowest BCUT2D eigenvalue weighted by molar-refractivity contribution is -0.139. The number of hydrogen-bond acceptors (Lipinski definition) is 8. The van der Waals surface area contributed by atoms with Gasteiger partial charge in [-0.05, 0) is 99.4 Å². The Morgan fingerprint density at radius 1 is 1.07 bits per heavy atom. The Morgan fingerprint density at radius 2 is 1.76 bits per heavy atom. The summed E-state index contributed by atoms with van der Waals surface area (Å²) in [6, 6.07) is 16.3. The summed E-state index contributed by atoms with van der Waals surface area (Å²) < 4.78 is 18.3. The molecule has 0 saturated carbocycles. The number of rotatable bonds is 12. The molecule has 0 spiro atoms. The number of esters is 1. The first-order valence-electron chi connectivity index (χ1n) is 13.5. The van der Waals surface area contributed by atoms with Crippen LogP contribution in [0, 0.1) is 0 Å². The molecule has 0 unspecified atom stereocenters. The van der Waals surface area contributed by atoms with Gasteiger partial charge in [0.05, 0.1) is 38.9 Å². The SMILES string of the molecule is CCOC(=O)C1=C(C)NC(=S)N[C@H]1c1ccccc1OCC(=O)NN=Cc1cc(Br)c(OCc2ccc(C(=O)O)cc2)c(Br)c1. The first-order chi connectivity index (χ1) is 21.6. The molecule has 1 aliphatic heterocycles. The van der Waals surface area contributed by atoms with Crippen LogP contribution in [-0.4, -0.2) is 47.5 Å². The normalized spacial score (nSPS) is 14.4. The number of amides is 1. The second-order valence-corrected chi connectivity index (χ2v) is 11.6. The van der Waals surface area contributed by atoms with E-state index in [0.29, 0.717) is 48.0 Å². The minimum Gasteiger partial charge on any atom is -0.487 e. The number of allylic oxidation sites excluding steroid dienone is 1. The van der Waals surface area contributed by atoms with Crippen molar-refractivity contribution >= 4 is 73.3 Å². The quantitative estimate of drug-likeness (QED) is 0.0823. The van der Waals surface area contributed by atoms with Gasteiger partial charge in [0.15, 0.2) is 11.7 Å². The minimum absolute atomic E-state index is 0.199. The third-order valence-corrected chi connectivity index (χ3v) is 7.76. The molecule has 234 valence electrons. The summed E-state index contributed by atoms with van der Waals surface area (Å²) in [4.78, 5) is 36.4. The van der Waals surface area contributed by atoms with Crippen molar-refractivity contribution in [2.45, 2.75) is 26.5 Å². The number of hydrazone groups is 1. The largest absolute Gasteiger partial charge is 0.487 e. The third kappa shape index (κ3) is 8.90. The van der Waals surface area contributed by atoms with E-state index in [1.54, 1.807) is 62.4 Å². The molecule has 1 atom stereocenters. The van der Waals surface area contributed by atoms with E-state index in [4.69, 9.17) is 31.5 Å². The number of carboxylic acids is 1. The van der Waals surface area contributed by atoms with E-state index in [1.165, 1.54) is 18.3 Å². The fraction of sp³-hybridized carbons (Fsp3) is 0.194. The predicted molar refractivity (Wildman–Crippen MR) is 178 cm³/mol. The number of halogens is 2. The highest BCUT2D eigenvalue weighted by Crippen LogP contribution is 2.35. The molecule has 0 saturated heterocycles. The van der Waals surface area contributed by atoms with Crippen molar-refractivity contribution in [3.05, 3.63) is 103 Å². The van der Waals surface area contributed by atoms with Gasteiger partial charge in [0.1, 0.15) is 18.1 Å². The van der Waals surface area contributed by atoms with Crippen molar-refractivity contribution in [3.63, 3.8) is 0 Å². The average molecular weight is 760 g/mol. The molecule has 0 bridgehead atoms. The van der Waals surface area contributed by atoms with Gasteiger partial charge in [-0.2, -0.15) is 5.10 Å². The Hall–Kier alpha value is -4.27. The first-order valence-corrected chi connectivity index (χ1v) is 15.5. The minimum atomic E-state index is -0.992. The molecule has 14 heteroatoms. The van der Waals surface area contributed by atoms with E-state index in [1.807, 2.05) is 0 Å². The van der Waals surface area contributed by atoms with E-state index >= 15 is 0 Å². The standard InChI is InChI=1S/C31H28Br2N4O7S/c1-3-42-30(41)26-17(2)35-31(45)36-27(26)21-6-4-5-7-24(21)43-16-25(38)37-34-14-19-12-22(32)28(23(33)13-19)44-15-18-8-10-20(11-9-18)29(39)40/h4-14,27H,3,15-16H2,1-2H3,(H,37,38)(H,39,40)(H2,35,36,45)/t27-/m0/s1. The van der Waals surface area contributed by atoms with Gasteiger partial charge in [0.2, 0.25) is 0 Å². The van der Waals surface area contributed by atoms with Gasteiger partial charge in [-0.1, -0.05) is 30.3 Å². The number of thiocarbonyl (C=S) groups is 1. The number of nitrogens with one attached hydrogen (secondary N) is 3. The molecule has 0 radical (unpaired) electrons. The molecule has 1 heterocycles. The van der Waals surface area contributed by atoms with E-state index in [-0.39, 0.29) is 25.4 Å². The van der Waals surface area contributed by atoms with Gasteiger partial charge in [-0.15, -0.1) is 0 Å². The van der Waals surface area contributed by atoms with Crippen molar-refractivity contribution in [1.82, 2.24) is 16.1 Å². The Morgan fingerprint density at radius 3 is 2.42 bits per heavy atom. The van der Waals surface area contributed by atoms with Crippen molar-refractivity contribution in [3.8, 4) is 11.5 Å². The highest BCUT2D eigenvalue weighted by Gasteiger charge is 2.32. The molecule has 3 aromatic carbocycles. The van der Waals surface area contributed by atoms with Gasteiger partial charge >= 0.3 is 11.9 Å². The predicted octanol–water partition coefficient (Wildman–Crippen LogP) is 5.37. The summed E-state index contributed by atoms with van der Waals surface area (Å²) >= 11 is 12.3. The van der Waals surface area contributed by atoms with Crippen LogP contribution in [0.3, 0.4) is 0 Å². The van der Waals surface area contributed by atoms with Crippen LogP contribution in [0.5, 0.6) is 11.5 Å². The van der Waals surface area contributed by atoms with Crippen molar-refractivity contribution in [1.29, 1.82) is 0 Å². The fourth-order valence-corrected chi connectivity index (χ4v) is 6.02. The highest BCUT2D eigenvalue weighted by atomic mass is 79.9. The van der Waals surface area contributed by atoms with Crippen LogP contribution >= 0.6 is 44.1 Å². The van der Waals surface area contributed by atoms with Crippen molar-refractivity contribution in [2.24, 2.45) is 5.10 Å². The fourth-order valence-electron chi connectivity index (χ4n) is 4.30. The van der Waals surface area contributed by atoms with Crippen LogP contribution in [0.15, 0.2) is 86.0 Å². The number of benzene rings is 3. The third-order valence-electron chi connectivity index (χ3n) is 6.36. The molecule has 1 amide bonds. The molecule has 0 fully saturated rings. The van der Waals surface area contributed by atoms with Crippen LogP contribution in [0.2, 0.25) is 0 Å². The molecule has 0 aromatic heterocycles.